The Morgan fingerprint density at radius 2 is 2.15 bits per heavy atom. The smallest absolute Gasteiger partial charge is 0.238 e. The van der Waals surface area contributed by atoms with Crippen LogP contribution < -0.4 is 10.5 Å². The summed E-state index contributed by atoms with van der Waals surface area (Å²) in [5, 5.41) is 19.3. The summed E-state index contributed by atoms with van der Waals surface area (Å²) in [7, 11) is -3.79. The maximum absolute atomic E-state index is 11.3. The minimum atomic E-state index is -3.79. The molecule has 0 bridgehead atoms. The van der Waals surface area contributed by atoms with E-state index in [1.807, 2.05) is 24.4 Å². The van der Waals surface area contributed by atoms with Crippen molar-refractivity contribution in [2.45, 2.75) is 18.4 Å². The molecule has 2 rings (SSSR count). The largest absolute Gasteiger partial charge is 0.379 e. The van der Waals surface area contributed by atoms with Gasteiger partial charge in [-0.1, -0.05) is 0 Å². The highest BCUT2D eigenvalue weighted by Gasteiger charge is 2.11. The normalized spacial score (nSPS) is 11.1. The molecule has 0 amide bonds. The van der Waals surface area contributed by atoms with Gasteiger partial charge in [0.2, 0.25) is 10.0 Å². The highest BCUT2D eigenvalue weighted by molar-refractivity contribution is 7.89. The number of anilines is 1. The third-order valence-electron chi connectivity index (χ3n) is 2.85. The molecule has 0 fully saturated rings. The molecule has 0 spiro atoms. The van der Waals surface area contributed by atoms with Gasteiger partial charge in [-0.05, 0) is 42.1 Å². The average Bonchev–Trinajstić information content (AvgIpc) is 2.80. The quantitative estimate of drug-likeness (QED) is 0.905. The number of nitrogens with two attached hydrogens (primary N) is 1. The predicted octanol–water partition coefficient (Wildman–Crippen LogP) is 2.19. The fourth-order valence-corrected chi connectivity index (χ4v) is 3.09. The number of rotatable bonds is 4. The molecule has 0 radical (unpaired) electrons. The van der Waals surface area contributed by atoms with Crippen molar-refractivity contribution in [1.82, 2.24) is 0 Å². The van der Waals surface area contributed by atoms with Gasteiger partial charge < -0.3 is 5.32 Å². The zero-order valence-corrected chi connectivity index (χ0v) is 12.4. The number of thiophene rings is 1. The third-order valence-corrected chi connectivity index (χ3v) is 4.78. The summed E-state index contributed by atoms with van der Waals surface area (Å²) in [6, 6.07) is 8.22. The first-order chi connectivity index (χ1) is 9.41. The van der Waals surface area contributed by atoms with Gasteiger partial charge in [-0.3, -0.25) is 0 Å². The number of sulfonamides is 1. The monoisotopic (exact) mass is 307 g/mol. The third kappa shape index (κ3) is 3.17. The fraction of sp³-hybridized carbons (Fsp3) is 0.154. The van der Waals surface area contributed by atoms with Gasteiger partial charge in [-0.2, -0.15) is 5.26 Å². The number of hydrogen-bond donors (Lipinski definition) is 2. The first-order valence-corrected chi connectivity index (χ1v) is 8.18. The van der Waals surface area contributed by atoms with Crippen molar-refractivity contribution < 1.29 is 8.42 Å². The van der Waals surface area contributed by atoms with Crippen molar-refractivity contribution >= 4 is 27.0 Å². The molecule has 2 aromatic rings. The van der Waals surface area contributed by atoms with E-state index in [0.717, 1.165) is 0 Å². The minimum Gasteiger partial charge on any atom is -0.379 e. The van der Waals surface area contributed by atoms with E-state index < -0.39 is 10.0 Å². The lowest BCUT2D eigenvalue weighted by Gasteiger charge is -2.09. The standard InChI is InChI=1S/C13H13N3O2S2/c1-9-4-5-19-13(9)8-16-12-3-2-11(20(15,17)18)6-10(12)7-14/h2-6,16H,8H2,1H3,(H2,15,17,18). The van der Waals surface area contributed by atoms with Gasteiger partial charge in [0, 0.05) is 11.4 Å². The van der Waals surface area contributed by atoms with E-state index in [1.54, 1.807) is 17.4 Å². The molecular weight excluding hydrogens is 294 g/mol. The molecule has 0 aliphatic heterocycles. The molecule has 0 aliphatic carbocycles. The highest BCUT2D eigenvalue weighted by atomic mass is 32.2. The molecule has 1 aromatic heterocycles. The molecule has 1 aromatic carbocycles. The van der Waals surface area contributed by atoms with E-state index >= 15 is 0 Å². The Labute approximate surface area is 121 Å². The lowest BCUT2D eigenvalue weighted by Crippen LogP contribution is -2.12. The second-order valence-corrected chi connectivity index (χ2v) is 6.81. The molecule has 0 atom stereocenters. The summed E-state index contributed by atoms with van der Waals surface area (Å²) in [5.74, 6) is 0. The topological polar surface area (TPSA) is 96.0 Å². The van der Waals surface area contributed by atoms with E-state index in [1.165, 1.54) is 22.6 Å². The zero-order chi connectivity index (χ0) is 14.8. The number of nitrogens with zero attached hydrogens (tertiary/aromatic N) is 1. The van der Waals surface area contributed by atoms with Crippen LogP contribution in [-0.2, 0) is 16.6 Å². The highest BCUT2D eigenvalue weighted by Crippen LogP contribution is 2.22. The molecule has 104 valence electrons. The number of primary sulfonamides is 1. The number of hydrogen-bond acceptors (Lipinski definition) is 5. The van der Waals surface area contributed by atoms with Crippen LogP contribution in [0.2, 0.25) is 0 Å². The Kier molecular flexibility index (Phi) is 4.09. The van der Waals surface area contributed by atoms with Crippen LogP contribution in [0.4, 0.5) is 5.69 Å². The summed E-state index contributed by atoms with van der Waals surface area (Å²) in [6.07, 6.45) is 0. The summed E-state index contributed by atoms with van der Waals surface area (Å²) in [4.78, 5) is 1.11. The molecule has 0 saturated heterocycles. The van der Waals surface area contributed by atoms with E-state index in [-0.39, 0.29) is 10.5 Å². The maximum Gasteiger partial charge on any atom is 0.238 e. The second-order valence-electron chi connectivity index (χ2n) is 4.24. The molecular formula is C13H13N3O2S2. The Balaban J connectivity index is 2.25. The molecule has 1 heterocycles. The Morgan fingerprint density at radius 3 is 2.70 bits per heavy atom. The van der Waals surface area contributed by atoms with E-state index in [9.17, 15) is 8.42 Å². The van der Waals surface area contributed by atoms with Crippen molar-refractivity contribution in [3.63, 3.8) is 0 Å². The van der Waals surface area contributed by atoms with E-state index in [0.29, 0.717) is 12.2 Å². The van der Waals surface area contributed by atoms with Crippen LogP contribution in [0.3, 0.4) is 0 Å². The Hall–Kier alpha value is -1.88. The lowest BCUT2D eigenvalue weighted by atomic mass is 10.2. The second kappa shape index (κ2) is 5.63. The Bertz CT molecular complexity index is 773. The van der Waals surface area contributed by atoms with Gasteiger partial charge in [0.1, 0.15) is 6.07 Å². The van der Waals surface area contributed by atoms with Gasteiger partial charge in [0.25, 0.3) is 0 Å². The van der Waals surface area contributed by atoms with Crippen molar-refractivity contribution in [2.75, 3.05) is 5.32 Å². The van der Waals surface area contributed by atoms with Crippen molar-refractivity contribution in [3.8, 4) is 6.07 Å². The van der Waals surface area contributed by atoms with Crippen LogP contribution in [-0.4, -0.2) is 8.42 Å². The van der Waals surface area contributed by atoms with Crippen LogP contribution in [0.15, 0.2) is 34.5 Å². The van der Waals surface area contributed by atoms with Crippen molar-refractivity contribution in [3.05, 3.63) is 45.6 Å². The lowest BCUT2D eigenvalue weighted by molar-refractivity contribution is 0.598. The van der Waals surface area contributed by atoms with Gasteiger partial charge in [-0.15, -0.1) is 11.3 Å². The van der Waals surface area contributed by atoms with Gasteiger partial charge in [-0.25, -0.2) is 13.6 Å². The summed E-state index contributed by atoms with van der Waals surface area (Å²) < 4.78 is 22.5. The van der Waals surface area contributed by atoms with Crippen LogP contribution in [0, 0.1) is 18.3 Å². The first kappa shape index (κ1) is 14.5. The molecule has 20 heavy (non-hydrogen) atoms. The van der Waals surface area contributed by atoms with Crippen molar-refractivity contribution in [2.24, 2.45) is 5.14 Å². The van der Waals surface area contributed by atoms with Crippen LogP contribution >= 0.6 is 11.3 Å². The first-order valence-electron chi connectivity index (χ1n) is 5.75. The number of nitrogens with one attached hydrogen (secondary N) is 1. The van der Waals surface area contributed by atoms with E-state index in [2.05, 4.69) is 5.32 Å². The van der Waals surface area contributed by atoms with Gasteiger partial charge in [0.05, 0.1) is 16.1 Å². The van der Waals surface area contributed by atoms with Crippen LogP contribution in [0.5, 0.6) is 0 Å². The number of aryl methyl sites for hydroxylation is 1. The van der Waals surface area contributed by atoms with E-state index in [4.69, 9.17) is 10.4 Å². The van der Waals surface area contributed by atoms with Crippen molar-refractivity contribution in [1.29, 1.82) is 5.26 Å². The molecule has 0 unspecified atom stereocenters. The Morgan fingerprint density at radius 1 is 1.40 bits per heavy atom. The minimum absolute atomic E-state index is 0.0631. The number of nitriles is 1. The molecule has 5 nitrogen and oxygen atoms in total. The maximum atomic E-state index is 11.3. The molecule has 0 saturated carbocycles. The zero-order valence-electron chi connectivity index (χ0n) is 10.8. The SMILES string of the molecule is Cc1ccsc1CNc1ccc(S(N)(=O)=O)cc1C#N. The summed E-state index contributed by atoms with van der Waals surface area (Å²) >= 11 is 1.63. The van der Waals surface area contributed by atoms with Crippen LogP contribution in [0.25, 0.3) is 0 Å². The summed E-state index contributed by atoms with van der Waals surface area (Å²) in [5.41, 5.74) is 2.03. The average molecular weight is 307 g/mol. The number of benzene rings is 1. The molecule has 3 N–H and O–H groups in total. The summed E-state index contributed by atoms with van der Waals surface area (Å²) in [6.45, 7) is 2.61. The molecule has 7 heteroatoms. The van der Waals surface area contributed by atoms with Gasteiger partial charge >= 0.3 is 0 Å². The van der Waals surface area contributed by atoms with Gasteiger partial charge in [0.15, 0.2) is 0 Å². The predicted molar refractivity (Wildman–Crippen MR) is 78.9 cm³/mol. The molecule has 0 aliphatic rings. The van der Waals surface area contributed by atoms with Crippen LogP contribution in [0.1, 0.15) is 16.0 Å². The fourth-order valence-electron chi connectivity index (χ4n) is 1.71.